The van der Waals surface area contributed by atoms with Crippen molar-refractivity contribution in [2.75, 3.05) is 12.4 Å². The highest BCUT2D eigenvalue weighted by Gasteiger charge is 2.36. The molecular formula is C25H22Cl3N3O3S. The lowest BCUT2D eigenvalue weighted by Crippen LogP contribution is -2.57. The average Bonchev–Trinajstić information content (AvgIpc) is 2.84. The van der Waals surface area contributed by atoms with E-state index >= 15 is 0 Å². The van der Waals surface area contributed by atoms with E-state index in [0.717, 1.165) is 11.1 Å². The van der Waals surface area contributed by atoms with Crippen molar-refractivity contribution in [2.45, 2.75) is 15.9 Å². The molecule has 0 spiro atoms. The van der Waals surface area contributed by atoms with Gasteiger partial charge in [-0.15, -0.1) is 0 Å². The minimum Gasteiger partial charge on any atom is -0.465 e. The van der Waals surface area contributed by atoms with Gasteiger partial charge in [-0.3, -0.25) is 4.79 Å². The fourth-order valence-corrected chi connectivity index (χ4v) is 3.88. The number of carbonyl (C=O) groups is 2. The van der Waals surface area contributed by atoms with Crippen LogP contribution in [-0.2, 0) is 9.53 Å². The number of nitrogens with one attached hydrogen (secondary N) is 3. The number of halogens is 3. The first-order chi connectivity index (χ1) is 16.7. The molecule has 1 amide bonds. The molecular weight excluding hydrogens is 529 g/mol. The molecule has 3 aromatic carbocycles. The Morgan fingerprint density at radius 1 is 0.829 bits per heavy atom. The van der Waals surface area contributed by atoms with Gasteiger partial charge in [0.25, 0.3) is 0 Å². The van der Waals surface area contributed by atoms with Gasteiger partial charge in [0.1, 0.15) is 6.17 Å². The number of carbonyl (C=O) groups excluding carboxylic acids is 2. The largest absolute Gasteiger partial charge is 0.465 e. The summed E-state index contributed by atoms with van der Waals surface area (Å²) in [5.74, 6) is -1.47. The first-order valence-corrected chi connectivity index (χ1v) is 12.0. The molecule has 1 atom stereocenters. The summed E-state index contributed by atoms with van der Waals surface area (Å²) in [7, 11) is 1.30. The van der Waals surface area contributed by atoms with Crippen LogP contribution in [-0.4, -0.2) is 34.1 Å². The predicted octanol–water partition coefficient (Wildman–Crippen LogP) is 5.40. The Kier molecular flexibility index (Phi) is 9.34. The third-order valence-corrected chi connectivity index (χ3v) is 5.86. The maximum absolute atomic E-state index is 13.4. The summed E-state index contributed by atoms with van der Waals surface area (Å²) in [6.07, 6.45) is -1.15. The number of anilines is 1. The lowest BCUT2D eigenvalue weighted by Gasteiger charge is -2.29. The molecule has 0 unspecified atom stereocenters. The van der Waals surface area contributed by atoms with Gasteiger partial charge >= 0.3 is 5.97 Å². The number of alkyl halides is 3. The zero-order valence-corrected chi connectivity index (χ0v) is 21.6. The fraction of sp³-hybridized carbons (Fsp3) is 0.160. The maximum Gasteiger partial charge on any atom is 0.337 e. The van der Waals surface area contributed by atoms with Crippen LogP contribution in [0.4, 0.5) is 5.69 Å². The summed E-state index contributed by atoms with van der Waals surface area (Å²) in [6.45, 7) is 0. The lowest BCUT2D eigenvalue weighted by atomic mass is 9.90. The van der Waals surface area contributed by atoms with E-state index in [0.29, 0.717) is 11.3 Å². The van der Waals surface area contributed by atoms with Gasteiger partial charge in [-0.05, 0) is 47.6 Å². The van der Waals surface area contributed by atoms with Crippen LogP contribution in [0.5, 0.6) is 0 Å². The molecule has 0 radical (unpaired) electrons. The van der Waals surface area contributed by atoms with Crippen molar-refractivity contribution in [2.24, 2.45) is 0 Å². The molecule has 10 heteroatoms. The van der Waals surface area contributed by atoms with Crippen LogP contribution < -0.4 is 16.0 Å². The Labute approximate surface area is 223 Å². The van der Waals surface area contributed by atoms with E-state index in [9.17, 15) is 9.59 Å². The number of ether oxygens (including phenoxy) is 1. The number of amides is 1. The summed E-state index contributed by atoms with van der Waals surface area (Å²) in [5.41, 5.74) is 2.53. The van der Waals surface area contributed by atoms with Gasteiger partial charge in [-0.2, -0.15) is 0 Å². The molecule has 3 aromatic rings. The molecule has 3 rings (SSSR count). The molecule has 0 saturated heterocycles. The Morgan fingerprint density at radius 3 is 1.80 bits per heavy atom. The number of benzene rings is 3. The lowest BCUT2D eigenvalue weighted by molar-refractivity contribution is -0.122. The maximum atomic E-state index is 13.4. The number of rotatable bonds is 7. The van der Waals surface area contributed by atoms with Gasteiger partial charge in [0.2, 0.25) is 9.70 Å². The second-order valence-corrected chi connectivity index (χ2v) is 10.2. The van der Waals surface area contributed by atoms with E-state index in [4.69, 9.17) is 47.0 Å². The number of esters is 1. The molecule has 182 valence electrons. The van der Waals surface area contributed by atoms with Gasteiger partial charge in [0, 0.05) is 5.69 Å². The van der Waals surface area contributed by atoms with E-state index in [1.54, 1.807) is 24.3 Å². The molecule has 0 aromatic heterocycles. The van der Waals surface area contributed by atoms with Crippen molar-refractivity contribution in [3.63, 3.8) is 0 Å². The van der Waals surface area contributed by atoms with Crippen LogP contribution in [0, 0.1) is 0 Å². The summed E-state index contributed by atoms with van der Waals surface area (Å²) in [6, 6.07) is 25.0. The minimum atomic E-state index is -1.92. The van der Waals surface area contributed by atoms with Gasteiger partial charge in [-0.1, -0.05) is 95.5 Å². The minimum absolute atomic E-state index is 0.100. The van der Waals surface area contributed by atoms with Crippen LogP contribution in [0.1, 0.15) is 27.4 Å². The molecule has 0 aliphatic heterocycles. The van der Waals surface area contributed by atoms with Gasteiger partial charge in [-0.25, -0.2) is 4.79 Å². The van der Waals surface area contributed by atoms with E-state index < -0.39 is 21.8 Å². The van der Waals surface area contributed by atoms with Crippen molar-refractivity contribution in [3.8, 4) is 0 Å². The topological polar surface area (TPSA) is 79.5 Å². The standard InChI is InChI=1S/C25H22Cl3N3O3S/c1-34-22(33)18-12-14-19(15-13-18)29-24(35)31-23(25(26,27)28)30-21(32)20(16-8-4-2-5-9-16)17-10-6-3-7-11-17/h2-15,20,23H,1H3,(H,30,32)(H2,29,31,35)/t23-/m0/s1. The van der Waals surface area contributed by atoms with Crippen molar-refractivity contribution in [1.82, 2.24) is 10.6 Å². The van der Waals surface area contributed by atoms with Crippen LogP contribution in [0.25, 0.3) is 0 Å². The summed E-state index contributed by atoms with van der Waals surface area (Å²) < 4.78 is 2.76. The summed E-state index contributed by atoms with van der Waals surface area (Å²) >= 11 is 23.9. The number of hydrogen-bond acceptors (Lipinski definition) is 4. The van der Waals surface area contributed by atoms with Crippen LogP contribution in [0.15, 0.2) is 84.9 Å². The number of thiocarbonyl (C=S) groups is 1. The van der Waals surface area contributed by atoms with Crippen LogP contribution in [0.2, 0.25) is 0 Å². The van der Waals surface area contributed by atoms with Crippen molar-refractivity contribution < 1.29 is 14.3 Å². The fourth-order valence-electron chi connectivity index (χ4n) is 3.32. The highest BCUT2D eigenvalue weighted by Crippen LogP contribution is 2.31. The van der Waals surface area contributed by atoms with E-state index in [2.05, 4.69) is 20.7 Å². The van der Waals surface area contributed by atoms with Crippen molar-refractivity contribution >= 4 is 69.7 Å². The molecule has 0 aliphatic carbocycles. The van der Waals surface area contributed by atoms with E-state index in [1.165, 1.54) is 7.11 Å². The smallest absolute Gasteiger partial charge is 0.337 e. The highest BCUT2D eigenvalue weighted by molar-refractivity contribution is 7.80. The monoisotopic (exact) mass is 549 g/mol. The summed E-state index contributed by atoms with van der Waals surface area (Å²) in [5, 5.41) is 8.65. The number of methoxy groups -OCH3 is 1. The first-order valence-electron chi connectivity index (χ1n) is 10.4. The van der Waals surface area contributed by atoms with Gasteiger partial charge < -0.3 is 20.7 Å². The Hall–Kier alpha value is -2.84. The Bertz CT molecular complexity index is 1120. The normalized spacial score (nSPS) is 11.9. The molecule has 0 bridgehead atoms. The Balaban J connectivity index is 1.76. The zero-order chi connectivity index (χ0) is 25.4. The third-order valence-electron chi connectivity index (χ3n) is 4.98. The number of hydrogen-bond donors (Lipinski definition) is 3. The SMILES string of the molecule is COC(=O)c1ccc(NC(=S)N[C@H](NC(=O)C(c2ccccc2)c2ccccc2)C(Cl)(Cl)Cl)cc1. The molecule has 3 N–H and O–H groups in total. The molecule has 35 heavy (non-hydrogen) atoms. The highest BCUT2D eigenvalue weighted by atomic mass is 35.6. The molecule has 0 fully saturated rings. The van der Waals surface area contributed by atoms with Crippen LogP contribution in [0.3, 0.4) is 0 Å². The third kappa shape index (κ3) is 7.57. The second-order valence-electron chi connectivity index (χ2n) is 7.40. The van der Waals surface area contributed by atoms with Gasteiger partial charge in [0.05, 0.1) is 18.6 Å². The summed E-state index contributed by atoms with van der Waals surface area (Å²) in [4.78, 5) is 25.0. The van der Waals surface area contributed by atoms with Crippen molar-refractivity contribution in [1.29, 1.82) is 0 Å². The molecule has 0 saturated carbocycles. The van der Waals surface area contributed by atoms with Crippen molar-refractivity contribution in [3.05, 3.63) is 102 Å². The van der Waals surface area contributed by atoms with E-state index in [-0.39, 0.29) is 11.0 Å². The average molecular weight is 551 g/mol. The zero-order valence-electron chi connectivity index (χ0n) is 18.5. The Morgan fingerprint density at radius 2 is 1.34 bits per heavy atom. The van der Waals surface area contributed by atoms with Crippen LogP contribution >= 0.6 is 47.0 Å². The molecule has 0 aliphatic rings. The van der Waals surface area contributed by atoms with Gasteiger partial charge in [0.15, 0.2) is 5.11 Å². The molecule has 0 heterocycles. The quantitative estimate of drug-likeness (QED) is 0.158. The van der Waals surface area contributed by atoms with E-state index in [1.807, 2.05) is 60.7 Å². The first kappa shape index (κ1) is 26.8. The second kappa shape index (κ2) is 12.2. The predicted molar refractivity (Wildman–Crippen MR) is 144 cm³/mol. The molecule has 6 nitrogen and oxygen atoms in total.